The van der Waals surface area contributed by atoms with Crippen molar-refractivity contribution in [2.75, 3.05) is 18.5 Å². The van der Waals surface area contributed by atoms with Crippen LogP contribution in [0.1, 0.15) is 52.8 Å². The fraction of sp³-hybridized carbons (Fsp3) is 0.276. The molecule has 0 aromatic heterocycles. The molecule has 3 N–H and O–H groups in total. The molecule has 37 heavy (non-hydrogen) atoms. The zero-order valence-corrected chi connectivity index (χ0v) is 21.4. The second-order valence-corrected chi connectivity index (χ2v) is 9.24. The minimum atomic E-state index is -0.366. The summed E-state index contributed by atoms with van der Waals surface area (Å²) in [7, 11) is 0. The molecule has 0 saturated heterocycles. The van der Waals surface area contributed by atoms with Crippen LogP contribution < -0.4 is 25.4 Å². The third-order valence-electron chi connectivity index (χ3n) is 6.01. The summed E-state index contributed by atoms with van der Waals surface area (Å²) in [6.07, 6.45) is 5.58. The van der Waals surface area contributed by atoms with Crippen molar-refractivity contribution in [3.63, 3.8) is 0 Å². The topological polar surface area (TPSA) is 88.7 Å². The molecule has 3 aromatic rings. The molecule has 4 rings (SSSR count). The van der Waals surface area contributed by atoms with E-state index >= 15 is 0 Å². The Bertz CT molecular complexity index is 1210. The Morgan fingerprint density at radius 2 is 1.41 bits per heavy atom. The van der Waals surface area contributed by atoms with E-state index in [1.54, 1.807) is 48.5 Å². The number of ether oxygens (including phenoxy) is 2. The molecule has 0 unspecified atom stereocenters. The zero-order chi connectivity index (χ0) is 25.9. The molecule has 3 aromatic carbocycles. The number of anilines is 1. The van der Waals surface area contributed by atoms with Crippen molar-refractivity contribution in [2.24, 2.45) is 0 Å². The monoisotopic (exact) mass is 517 g/mol. The first kappa shape index (κ1) is 26.2. The summed E-state index contributed by atoms with van der Waals surface area (Å²) in [4.78, 5) is 25.4. The Kier molecular flexibility index (Phi) is 9.48. The second-order valence-electron chi connectivity index (χ2n) is 8.84. The lowest BCUT2D eigenvalue weighted by atomic mass is 9.95. The van der Waals surface area contributed by atoms with Gasteiger partial charge in [0.25, 0.3) is 11.8 Å². The molecule has 1 fully saturated rings. The first-order valence-electron chi connectivity index (χ1n) is 12.5. The van der Waals surface area contributed by atoms with E-state index in [9.17, 15) is 9.59 Å². The standard InChI is InChI=1S/C29H31N3O4S/c33-27(30-23-11-3-1-4-12-23)21-9-7-13-24(19-21)31-29(37)32-28(34)22-10-8-16-26(20-22)36-18-17-35-25-14-5-2-6-15-25/h2,5-10,13-16,19-20,23H,1,3-4,11-12,17-18H2,(H,30,33)(H2,31,32,34,37). The zero-order valence-electron chi connectivity index (χ0n) is 20.6. The number of carbonyl (C=O) groups is 2. The number of carbonyl (C=O) groups excluding carboxylic acids is 2. The van der Waals surface area contributed by atoms with Gasteiger partial charge in [-0.15, -0.1) is 0 Å². The summed E-state index contributed by atoms with van der Waals surface area (Å²) in [6.45, 7) is 0.719. The molecule has 2 amide bonds. The van der Waals surface area contributed by atoms with Crippen LogP contribution in [0.3, 0.4) is 0 Å². The summed E-state index contributed by atoms with van der Waals surface area (Å²) in [5.41, 5.74) is 1.58. The largest absolute Gasteiger partial charge is 0.490 e. The summed E-state index contributed by atoms with van der Waals surface area (Å²) in [6, 6.07) is 23.6. The minimum absolute atomic E-state index is 0.100. The highest BCUT2D eigenvalue weighted by molar-refractivity contribution is 7.80. The summed E-state index contributed by atoms with van der Waals surface area (Å²) >= 11 is 5.33. The molecule has 0 bridgehead atoms. The van der Waals surface area contributed by atoms with Crippen molar-refractivity contribution in [3.05, 3.63) is 90.0 Å². The van der Waals surface area contributed by atoms with E-state index in [0.717, 1.165) is 31.4 Å². The molecule has 192 valence electrons. The summed E-state index contributed by atoms with van der Waals surface area (Å²) < 4.78 is 11.3. The Morgan fingerprint density at radius 3 is 2.16 bits per heavy atom. The van der Waals surface area contributed by atoms with E-state index < -0.39 is 0 Å². The van der Waals surface area contributed by atoms with Gasteiger partial charge in [-0.1, -0.05) is 49.6 Å². The lowest BCUT2D eigenvalue weighted by molar-refractivity contribution is 0.0926. The number of thiocarbonyl (C=S) groups is 1. The molecule has 0 heterocycles. The van der Waals surface area contributed by atoms with Gasteiger partial charge < -0.3 is 20.1 Å². The van der Waals surface area contributed by atoms with Crippen LogP contribution >= 0.6 is 12.2 Å². The number of amides is 2. The van der Waals surface area contributed by atoms with Gasteiger partial charge in [-0.2, -0.15) is 0 Å². The average molecular weight is 518 g/mol. The number of nitrogens with one attached hydrogen (secondary N) is 3. The minimum Gasteiger partial charge on any atom is -0.490 e. The quantitative estimate of drug-likeness (QED) is 0.263. The fourth-order valence-corrected chi connectivity index (χ4v) is 4.36. The maximum Gasteiger partial charge on any atom is 0.257 e. The molecule has 7 nitrogen and oxygen atoms in total. The van der Waals surface area contributed by atoms with E-state index in [1.807, 2.05) is 30.3 Å². The highest BCUT2D eigenvalue weighted by atomic mass is 32.1. The molecular formula is C29H31N3O4S. The van der Waals surface area contributed by atoms with Gasteiger partial charge in [0.15, 0.2) is 5.11 Å². The first-order chi connectivity index (χ1) is 18.1. The predicted molar refractivity (Wildman–Crippen MR) is 148 cm³/mol. The van der Waals surface area contributed by atoms with Gasteiger partial charge in [0.05, 0.1) is 0 Å². The molecule has 0 aliphatic heterocycles. The third kappa shape index (κ3) is 8.32. The van der Waals surface area contributed by atoms with Gasteiger partial charge in [-0.3, -0.25) is 14.9 Å². The van der Waals surface area contributed by atoms with E-state index in [4.69, 9.17) is 21.7 Å². The van der Waals surface area contributed by atoms with Crippen molar-refractivity contribution in [3.8, 4) is 11.5 Å². The van der Waals surface area contributed by atoms with Gasteiger partial charge in [0.2, 0.25) is 0 Å². The van der Waals surface area contributed by atoms with Crippen LogP contribution in [-0.2, 0) is 0 Å². The van der Waals surface area contributed by atoms with E-state index in [2.05, 4.69) is 16.0 Å². The van der Waals surface area contributed by atoms with Gasteiger partial charge >= 0.3 is 0 Å². The highest BCUT2D eigenvalue weighted by Gasteiger charge is 2.17. The normalized spacial score (nSPS) is 13.3. The van der Waals surface area contributed by atoms with Crippen LogP contribution in [0.4, 0.5) is 5.69 Å². The van der Waals surface area contributed by atoms with Crippen molar-refractivity contribution in [2.45, 2.75) is 38.1 Å². The van der Waals surface area contributed by atoms with Crippen LogP contribution in [0.2, 0.25) is 0 Å². The Balaban J connectivity index is 1.25. The highest BCUT2D eigenvalue weighted by Crippen LogP contribution is 2.19. The number of hydrogen-bond donors (Lipinski definition) is 3. The molecule has 0 atom stereocenters. The van der Waals surface area contributed by atoms with E-state index in [1.165, 1.54) is 6.42 Å². The SMILES string of the molecule is O=C(NC(=S)Nc1cccc(C(=O)NC2CCCCC2)c1)c1cccc(OCCOc2ccccc2)c1. The molecule has 0 radical (unpaired) electrons. The summed E-state index contributed by atoms with van der Waals surface area (Å²) in [5, 5.41) is 8.91. The van der Waals surface area contributed by atoms with Gasteiger partial charge in [-0.25, -0.2) is 0 Å². The second kappa shape index (κ2) is 13.4. The van der Waals surface area contributed by atoms with Gasteiger partial charge in [0.1, 0.15) is 24.7 Å². The fourth-order valence-electron chi connectivity index (χ4n) is 4.15. The van der Waals surface area contributed by atoms with Crippen LogP contribution in [-0.4, -0.2) is 36.2 Å². The Labute approximate surface area is 222 Å². The molecular weight excluding hydrogens is 486 g/mol. The smallest absolute Gasteiger partial charge is 0.257 e. The maximum atomic E-state index is 12.7. The van der Waals surface area contributed by atoms with Crippen molar-refractivity contribution in [1.82, 2.24) is 10.6 Å². The first-order valence-corrected chi connectivity index (χ1v) is 12.9. The maximum absolute atomic E-state index is 12.7. The number of rotatable bonds is 9. The van der Waals surface area contributed by atoms with Crippen LogP contribution in [0, 0.1) is 0 Å². The summed E-state index contributed by atoms with van der Waals surface area (Å²) in [5.74, 6) is 0.863. The molecule has 8 heteroatoms. The van der Waals surface area contributed by atoms with Crippen LogP contribution in [0.15, 0.2) is 78.9 Å². The van der Waals surface area contributed by atoms with E-state index in [0.29, 0.717) is 35.8 Å². The van der Waals surface area contributed by atoms with Crippen molar-refractivity contribution in [1.29, 1.82) is 0 Å². The van der Waals surface area contributed by atoms with Gasteiger partial charge in [0, 0.05) is 22.9 Å². The lowest BCUT2D eigenvalue weighted by Gasteiger charge is -2.22. The third-order valence-corrected chi connectivity index (χ3v) is 6.21. The molecule has 1 saturated carbocycles. The van der Waals surface area contributed by atoms with Crippen molar-refractivity contribution < 1.29 is 19.1 Å². The predicted octanol–water partition coefficient (Wildman–Crippen LogP) is 5.33. The van der Waals surface area contributed by atoms with Crippen molar-refractivity contribution >= 4 is 34.8 Å². The average Bonchev–Trinajstić information content (AvgIpc) is 2.92. The number of benzene rings is 3. The number of hydrogen-bond acceptors (Lipinski definition) is 5. The van der Waals surface area contributed by atoms with Gasteiger partial charge in [-0.05, 0) is 73.6 Å². The Morgan fingerprint density at radius 1 is 0.757 bits per heavy atom. The van der Waals surface area contributed by atoms with Crippen LogP contribution in [0.5, 0.6) is 11.5 Å². The van der Waals surface area contributed by atoms with E-state index in [-0.39, 0.29) is 23.0 Å². The lowest BCUT2D eigenvalue weighted by Crippen LogP contribution is -2.36. The molecule has 1 aliphatic rings. The molecule has 1 aliphatic carbocycles. The molecule has 0 spiro atoms. The number of para-hydroxylation sites is 1. The Hall–Kier alpha value is -3.91. The van der Waals surface area contributed by atoms with Crippen LogP contribution in [0.25, 0.3) is 0 Å².